The van der Waals surface area contributed by atoms with Crippen LogP contribution in [0.2, 0.25) is 26.2 Å². The lowest BCUT2D eigenvalue weighted by molar-refractivity contribution is 0.191. The van der Waals surface area contributed by atoms with Gasteiger partial charge in [-0.05, 0) is 39.0 Å². The Morgan fingerprint density at radius 2 is 1.11 bits per heavy atom. The van der Waals surface area contributed by atoms with E-state index in [9.17, 15) is 0 Å². The zero-order valence-corrected chi connectivity index (χ0v) is 15.2. The molecule has 0 aliphatic rings. The van der Waals surface area contributed by atoms with Gasteiger partial charge in [0.25, 0.3) is 0 Å². The molecule has 0 N–H and O–H groups in total. The summed E-state index contributed by atoms with van der Waals surface area (Å²) in [7, 11) is -4.02. The van der Waals surface area contributed by atoms with Crippen molar-refractivity contribution in [3.8, 4) is 0 Å². The molecule has 0 spiro atoms. The highest BCUT2D eigenvalue weighted by molar-refractivity contribution is 6.78. The molecule has 18 heavy (non-hydrogen) atoms. The predicted octanol–water partition coefficient (Wildman–Crippen LogP) is 4.43. The third-order valence-electron chi connectivity index (χ3n) is 2.64. The smallest absolute Gasteiger partial charge is 0.322 e. The molecule has 0 aliphatic carbocycles. The van der Waals surface area contributed by atoms with Crippen LogP contribution in [0.1, 0.15) is 46.0 Å². The standard InChI is InChI=1S/C13H32O3Si2/c1-7-9-11-13-15-18(5,6)16-17(3,4)14-12-10-8-2/h7-13H2,1-6H3. The molecule has 110 valence electrons. The van der Waals surface area contributed by atoms with E-state index in [1.807, 2.05) is 0 Å². The highest BCUT2D eigenvalue weighted by Gasteiger charge is 2.36. The van der Waals surface area contributed by atoms with Crippen LogP contribution in [0, 0.1) is 0 Å². The third kappa shape index (κ3) is 10.3. The molecule has 0 saturated heterocycles. The van der Waals surface area contributed by atoms with Gasteiger partial charge in [0.2, 0.25) is 0 Å². The Labute approximate surface area is 116 Å². The first kappa shape index (κ1) is 18.3. The lowest BCUT2D eigenvalue weighted by atomic mass is 10.3. The number of hydrogen-bond donors (Lipinski definition) is 0. The summed E-state index contributed by atoms with van der Waals surface area (Å²) in [6.45, 7) is 14.5. The molecule has 0 saturated carbocycles. The van der Waals surface area contributed by atoms with Crippen LogP contribution in [0.5, 0.6) is 0 Å². The van der Waals surface area contributed by atoms with Crippen LogP contribution in [0.15, 0.2) is 0 Å². The van der Waals surface area contributed by atoms with E-state index >= 15 is 0 Å². The molecular formula is C13H32O3Si2. The fourth-order valence-corrected chi connectivity index (χ4v) is 8.26. The van der Waals surface area contributed by atoms with Crippen molar-refractivity contribution >= 4 is 17.1 Å². The quantitative estimate of drug-likeness (QED) is 0.416. The normalized spacial score (nSPS) is 13.0. The van der Waals surface area contributed by atoms with Gasteiger partial charge < -0.3 is 13.0 Å². The zero-order valence-electron chi connectivity index (χ0n) is 13.2. The summed E-state index contributed by atoms with van der Waals surface area (Å²) < 4.78 is 18.0. The maximum Gasteiger partial charge on any atom is 0.322 e. The molecule has 3 nitrogen and oxygen atoms in total. The zero-order chi connectivity index (χ0) is 14.1. The predicted molar refractivity (Wildman–Crippen MR) is 82.4 cm³/mol. The van der Waals surface area contributed by atoms with E-state index in [0.29, 0.717) is 0 Å². The van der Waals surface area contributed by atoms with E-state index in [1.165, 1.54) is 19.3 Å². The van der Waals surface area contributed by atoms with Crippen molar-refractivity contribution in [2.24, 2.45) is 0 Å². The molecule has 0 aromatic carbocycles. The third-order valence-corrected chi connectivity index (χ3v) is 8.37. The van der Waals surface area contributed by atoms with E-state index in [0.717, 1.165) is 26.1 Å². The van der Waals surface area contributed by atoms with Crippen molar-refractivity contribution in [3.63, 3.8) is 0 Å². The topological polar surface area (TPSA) is 27.7 Å². The van der Waals surface area contributed by atoms with Crippen molar-refractivity contribution in [1.82, 2.24) is 0 Å². The van der Waals surface area contributed by atoms with Crippen LogP contribution in [0.4, 0.5) is 0 Å². The fourth-order valence-electron chi connectivity index (χ4n) is 1.78. The van der Waals surface area contributed by atoms with Gasteiger partial charge in [-0.1, -0.05) is 33.1 Å². The molecule has 0 aromatic rings. The highest BCUT2D eigenvalue weighted by atomic mass is 28.5. The van der Waals surface area contributed by atoms with E-state index < -0.39 is 17.1 Å². The summed E-state index contributed by atoms with van der Waals surface area (Å²) in [5.74, 6) is 0. The molecule has 5 heteroatoms. The van der Waals surface area contributed by atoms with Gasteiger partial charge in [0.1, 0.15) is 0 Å². The molecule has 0 rings (SSSR count). The molecule has 0 aliphatic heterocycles. The van der Waals surface area contributed by atoms with Gasteiger partial charge in [-0.2, -0.15) is 0 Å². The van der Waals surface area contributed by atoms with Crippen molar-refractivity contribution in [2.75, 3.05) is 13.2 Å². The first-order chi connectivity index (χ1) is 8.33. The molecule has 0 aromatic heterocycles. The van der Waals surface area contributed by atoms with E-state index in [2.05, 4.69) is 40.0 Å². The molecule has 0 unspecified atom stereocenters. The van der Waals surface area contributed by atoms with Gasteiger partial charge in [-0.15, -0.1) is 0 Å². The van der Waals surface area contributed by atoms with Gasteiger partial charge >= 0.3 is 17.1 Å². The minimum atomic E-state index is -2.01. The Kier molecular flexibility index (Phi) is 9.42. The largest absolute Gasteiger partial charge is 0.415 e. The average Bonchev–Trinajstić information content (AvgIpc) is 2.23. The summed E-state index contributed by atoms with van der Waals surface area (Å²) in [6, 6.07) is 0. The first-order valence-corrected chi connectivity index (χ1v) is 12.9. The molecule has 0 amide bonds. The van der Waals surface area contributed by atoms with Crippen LogP contribution in [0.3, 0.4) is 0 Å². The van der Waals surface area contributed by atoms with Crippen molar-refractivity contribution in [1.29, 1.82) is 0 Å². The van der Waals surface area contributed by atoms with Crippen LogP contribution in [-0.2, 0) is 13.0 Å². The maximum absolute atomic E-state index is 6.19. The summed E-state index contributed by atoms with van der Waals surface area (Å²) in [6.07, 6.45) is 5.87. The Hall–Kier alpha value is 0.314. The number of unbranched alkanes of at least 4 members (excludes halogenated alkanes) is 3. The Bertz CT molecular complexity index is 208. The van der Waals surface area contributed by atoms with Crippen molar-refractivity contribution in [3.05, 3.63) is 0 Å². The van der Waals surface area contributed by atoms with E-state index in [1.54, 1.807) is 0 Å². The number of rotatable bonds is 11. The second-order valence-electron chi connectivity index (χ2n) is 5.66. The summed E-state index contributed by atoms with van der Waals surface area (Å²) in [4.78, 5) is 0. The first-order valence-electron chi connectivity index (χ1n) is 7.31. The summed E-state index contributed by atoms with van der Waals surface area (Å²) in [5.41, 5.74) is 0. The monoisotopic (exact) mass is 292 g/mol. The molecule has 0 radical (unpaired) electrons. The minimum Gasteiger partial charge on any atom is -0.415 e. The van der Waals surface area contributed by atoms with Gasteiger partial charge in [-0.25, -0.2) is 0 Å². The van der Waals surface area contributed by atoms with Gasteiger partial charge in [-0.3, -0.25) is 0 Å². The Morgan fingerprint density at radius 1 is 0.667 bits per heavy atom. The lowest BCUT2D eigenvalue weighted by Gasteiger charge is -2.32. The van der Waals surface area contributed by atoms with Crippen LogP contribution >= 0.6 is 0 Å². The van der Waals surface area contributed by atoms with Crippen molar-refractivity contribution < 1.29 is 13.0 Å². The molecule has 0 fully saturated rings. The minimum absolute atomic E-state index is 0.816. The molecular weight excluding hydrogens is 260 g/mol. The van der Waals surface area contributed by atoms with E-state index in [4.69, 9.17) is 13.0 Å². The maximum atomic E-state index is 6.19. The summed E-state index contributed by atoms with van der Waals surface area (Å²) in [5, 5.41) is 0. The Morgan fingerprint density at radius 3 is 1.56 bits per heavy atom. The average molecular weight is 293 g/mol. The Balaban J connectivity index is 3.95. The summed E-state index contributed by atoms with van der Waals surface area (Å²) >= 11 is 0. The molecule has 0 bridgehead atoms. The SMILES string of the molecule is CCCCCO[Si](C)(C)O[Si](C)(C)OCCCC. The van der Waals surface area contributed by atoms with Crippen molar-refractivity contribution in [2.45, 2.75) is 72.1 Å². The van der Waals surface area contributed by atoms with Crippen LogP contribution in [-0.4, -0.2) is 30.3 Å². The van der Waals surface area contributed by atoms with Gasteiger partial charge in [0.05, 0.1) is 0 Å². The van der Waals surface area contributed by atoms with Gasteiger partial charge in [0.15, 0.2) is 0 Å². The fraction of sp³-hybridized carbons (Fsp3) is 1.00. The lowest BCUT2D eigenvalue weighted by Crippen LogP contribution is -2.48. The van der Waals surface area contributed by atoms with Gasteiger partial charge in [0, 0.05) is 13.2 Å². The second kappa shape index (κ2) is 9.25. The molecule has 0 heterocycles. The molecule has 0 atom stereocenters. The highest BCUT2D eigenvalue weighted by Crippen LogP contribution is 2.17. The van der Waals surface area contributed by atoms with E-state index in [-0.39, 0.29) is 0 Å². The number of hydrogen-bond acceptors (Lipinski definition) is 3. The second-order valence-corrected chi connectivity index (χ2v) is 12.7. The van der Waals surface area contributed by atoms with Crippen LogP contribution in [0.25, 0.3) is 0 Å². The van der Waals surface area contributed by atoms with Crippen LogP contribution < -0.4 is 0 Å².